The van der Waals surface area contributed by atoms with Crippen LogP contribution in [0.2, 0.25) is 0 Å². The molecule has 0 saturated heterocycles. The zero-order valence-corrected chi connectivity index (χ0v) is 21.2. The summed E-state index contributed by atoms with van der Waals surface area (Å²) in [5, 5.41) is 0. The van der Waals surface area contributed by atoms with Gasteiger partial charge in [0.05, 0.1) is 0 Å². The Balaban J connectivity index is 1.71. The summed E-state index contributed by atoms with van der Waals surface area (Å²) < 4.78 is 157. The molecular weight excluding hydrogens is 565 g/mol. The summed E-state index contributed by atoms with van der Waals surface area (Å²) in [6.07, 6.45) is -13.8. The van der Waals surface area contributed by atoms with Crippen molar-refractivity contribution in [2.45, 2.75) is 88.8 Å². The van der Waals surface area contributed by atoms with E-state index in [4.69, 9.17) is 0 Å². The molecule has 224 valence electrons. The number of benzene rings is 2. The van der Waals surface area contributed by atoms with E-state index in [9.17, 15) is 48.3 Å². The van der Waals surface area contributed by atoms with Crippen LogP contribution in [-0.2, 0) is 6.11 Å². The Morgan fingerprint density at radius 3 is 1.93 bits per heavy atom. The lowest BCUT2D eigenvalue weighted by molar-refractivity contribution is -0.305. The molecule has 13 heteroatoms. The van der Waals surface area contributed by atoms with E-state index in [1.807, 2.05) is 0 Å². The molecule has 0 heterocycles. The van der Waals surface area contributed by atoms with Gasteiger partial charge in [-0.15, -0.1) is 0 Å². The predicted octanol–water partition coefficient (Wildman–Crippen LogP) is 9.96. The Kier molecular flexibility index (Phi) is 9.87. The number of alkyl halides is 8. The number of rotatable bonds is 11. The SMILES string of the molecule is CCCCCC1CCC(c2cc(F)c(C(F)(F)Oc3ccc(OC(F)(F)C(F)C(F)(F)F)c(F)c3)c(F)c2)CC1. The topological polar surface area (TPSA) is 18.5 Å². The van der Waals surface area contributed by atoms with Gasteiger partial charge in [-0.05, 0) is 67.3 Å². The van der Waals surface area contributed by atoms with Crippen molar-refractivity contribution in [2.75, 3.05) is 0 Å². The summed E-state index contributed by atoms with van der Waals surface area (Å²) in [6.45, 7) is 2.10. The van der Waals surface area contributed by atoms with Gasteiger partial charge in [0, 0.05) is 6.07 Å². The van der Waals surface area contributed by atoms with Crippen molar-refractivity contribution < 1.29 is 57.8 Å². The van der Waals surface area contributed by atoms with Crippen molar-refractivity contribution in [1.82, 2.24) is 0 Å². The van der Waals surface area contributed by atoms with Gasteiger partial charge in [-0.1, -0.05) is 32.6 Å². The molecule has 0 spiro atoms. The van der Waals surface area contributed by atoms with Gasteiger partial charge < -0.3 is 9.47 Å². The first-order valence-electron chi connectivity index (χ1n) is 12.7. The second-order valence-electron chi connectivity index (χ2n) is 9.85. The minimum atomic E-state index is -6.04. The minimum Gasteiger partial charge on any atom is -0.429 e. The highest BCUT2D eigenvalue weighted by atomic mass is 19.4. The van der Waals surface area contributed by atoms with Crippen molar-refractivity contribution in [1.29, 1.82) is 0 Å². The highest BCUT2D eigenvalue weighted by molar-refractivity contribution is 5.36. The predicted molar refractivity (Wildman–Crippen MR) is 123 cm³/mol. The Labute approximate surface area is 223 Å². The van der Waals surface area contributed by atoms with Gasteiger partial charge in [-0.25, -0.2) is 17.6 Å². The highest BCUT2D eigenvalue weighted by Crippen LogP contribution is 2.42. The van der Waals surface area contributed by atoms with Crippen LogP contribution in [0.25, 0.3) is 0 Å². The number of hydrogen-bond donors (Lipinski definition) is 0. The van der Waals surface area contributed by atoms with Gasteiger partial charge in [0.2, 0.25) is 0 Å². The molecule has 0 aromatic heterocycles. The summed E-state index contributed by atoms with van der Waals surface area (Å²) in [4.78, 5) is 0. The first-order chi connectivity index (χ1) is 18.5. The lowest BCUT2D eigenvalue weighted by atomic mass is 9.77. The van der Waals surface area contributed by atoms with Crippen molar-refractivity contribution in [2.24, 2.45) is 5.92 Å². The van der Waals surface area contributed by atoms with Gasteiger partial charge in [0.1, 0.15) is 22.9 Å². The summed E-state index contributed by atoms with van der Waals surface area (Å²) in [6, 6.07) is 2.11. The maximum atomic E-state index is 14.7. The van der Waals surface area contributed by atoms with Crippen molar-refractivity contribution in [3.05, 3.63) is 58.9 Å². The second-order valence-corrected chi connectivity index (χ2v) is 9.85. The molecule has 0 radical (unpaired) electrons. The zero-order chi connectivity index (χ0) is 29.9. The molecule has 1 atom stereocenters. The first-order valence-corrected chi connectivity index (χ1v) is 12.7. The third kappa shape index (κ3) is 7.72. The van der Waals surface area contributed by atoms with Crippen molar-refractivity contribution >= 4 is 0 Å². The van der Waals surface area contributed by atoms with E-state index in [1.54, 1.807) is 0 Å². The van der Waals surface area contributed by atoms with Crippen LogP contribution in [0.15, 0.2) is 30.3 Å². The molecule has 0 amide bonds. The van der Waals surface area contributed by atoms with E-state index < -0.39 is 59.1 Å². The molecular formula is C27H27F11O2. The zero-order valence-electron chi connectivity index (χ0n) is 21.2. The fraction of sp³-hybridized carbons (Fsp3) is 0.556. The van der Waals surface area contributed by atoms with Gasteiger partial charge in [0.15, 0.2) is 11.6 Å². The van der Waals surface area contributed by atoms with Crippen LogP contribution >= 0.6 is 0 Å². The Hall–Kier alpha value is -2.73. The van der Waals surface area contributed by atoms with Crippen molar-refractivity contribution in [3.8, 4) is 11.5 Å². The molecule has 1 fully saturated rings. The molecule has 0 aliphatic heterocycles. The number of ether oxygens (including phenoxy) is 2. The third-order valence-corrected chi connectivity index (χ3v) is 6.87. The van der Waals surface area contributed by atoms with Gasteiger partial charge in [-0.3, -0.25) is 0 Å². The maximum Gasteiger partial charge on any atom is 0.439 e. The Morgan fingerprint density at radius 1 is 0.800 bits per heavy atom. The smallest absolute Gasteiger partial charge is 0.429 e. The number of halogens is 11. The number of unbranched alkanes of at least 4 members (excludes halogenated alkanes) is 2. The molecule has 1 unspecified atom stereocenters. The molecule has 0 bridgehead atoms. The van der Waals surface area contributed by atoms with Crippen LogP contribution in [0.1, 0.15) is 75.3 Å². The van der Waals surface area contributed by atoms with E-state index in [1.165, 1.54) is 0 Å². The third-order valence-electron chi connectivity index (χ3n) is 6.87. The largest absolute Gasteiger partial charge is 0.439 e. The lowest BCUT2D eigenvalue weighted by Crippen LogP contribution is -2.45. The summed E-state index contributed by atoms with van der Waals surface area (Å²) in [5.41, 5.74) is -1.57. The monoisotopic (exact) mass is 592 g/mol. The van der Waals surface area contributed by atoms with E-state index >= 15 is 0 Å². The Morgan fingerprint density at radius 2 is 1.40 bits per heavy atom. The summed E-state index contributed by atoms with van der Waals surface area (Å²) in [7, 11) is 0. The van der Waals surface area contributed by atoms with E-state index in [0.29, 0.717) is 24.8 Å². The van der Waals surface area contributed by atoms with Crippen molar-refractivity contribution in [3.63, 3.8) is 0 Å². The fourth-order valence-electron chi connectivity index (χ4n) is 4.79. The molecule has 1 aliphatic carbocycles. The highest BCUT2D eigenvalue weighted by Gasteiger charge is 2.59. The van der Waals surface area contributed by atoms with Gasteiger partial charge in [-0.2, -0.15) is 30.7 Å². The van der Waals surface area contributed by atoms with E-state index in [0.717, 1.165) is 50.7 Å². The molecule has 2 aromatic carbocycles. The molecule has 2 aromatic rings. The molecule has 1 saturated carbocycles. The first kappa shape index (κ1) is 31.8. The van der Waals surface area contributed by atoms with Crippen LogP contribution in [0.3, 0.4) is 0 Å². The fourth-order valence-corrected chi connectivity index (χ4v) is 4.79. The molecule has 2 nitrogen and oxygen atoms in total. The second kappa shape index (κ2) is 12.4. The summed E-state index contributed by atoms with van der Waals surface area (Å²) >= 11 is 0. The van der Waals surface area contributed by atoms with Crippen LogP contribution in [0.4, 0.5) is 48.3 Å². The normalized spacial score (nSPS) is 19.4. The maximum absolute atomic E-state index is 14.7. The summed E-state index contributed by atoms with van der Waals surface area (Å²) in [5.74, 6) is -7.64. The van der Waals surface area contributed by atoms with Gasteiger partial charge in [0.25, 0.3) is 6.17 Å². The molecule has 0 N–H and O–H groups in total. The van der Waals surface area contributed by atoms with Crippen LogP contribution < -0.4 is 9.47 Å². The standard InChI is InChI=1S/C27H27F11O2/c1-2-3-4-5-15-6-8-16(9-7-15)17-12-20(29)23(21(30)13-17)26(35,36)39-18-10-11-22(19(28)14-18)40-27(37,38)24(31)25(32,33)34/h10-16,24H,2-9H2,1H3. The van der Waals surface area contributed by atoms with Gasteiger partial charge >= 0.3 is 18.4 Å². The number of hydrogen-bond acceptors (Lipinski definition) is 2. The van der Waals surface area contributed by atoms with Crippen LogP contribution in [0.5, 0.6) is 11.5 Å². The van der Waals surface area contributed by atoms with Crippen LogP contribution in [0, 0.1) is 23.4 Å². The molecule has 3 rings (SSSR count). The average Bonchev–Trinajstić information content (AvgIpc) is 2.84. The van der Waals surface area contributed by atoms with Crippen LogP contribution in [-0.4, -0.2) is 18.5 Å². The quantitative estimate of drug-likeness (QED) is 0.191. The van der Waals surface area contributed by atoms with E-state index in [-0.39, 0.29) is 23.6 Å². The Bertz CT molecular complexity index is 1120. The minimum absolute atomic E-state index is 0.00326. The van der Waals surface area contributed by atoms with E-state index in [2.05, 4.69) is 16.4 Å². The molecule has 1 aliphatic rings. The molecule has 40 heavy (non-hydrogen) atoms. The average molecular weight is 592 g/mol. The lowest BCUT2D eigenvalue weighted by Gasteiger charge is -2.29.